The molecule has 2 aromatic rings. The summed E-state index contributed by atoms with van der Waals surface area (Å²) >= 11 is 0. The third-order valence-electron chi connectivity index (χ3n) is 2.08. The van der Waals surface area contributed by atoms with E-state index in [1.807, 2.05) is 0 Å². The number of hydrogen-bond donors (Lipinski definition) is 0. The molecule has 0 aromatic carbocycles. The minimum Gasteiger partial charge on any atom is -0.375 e. The van der Waals surface area contributed by atoms with E-state index in [1.165, 1.54) is 10.6 Å². The first kappa shape index (κ1) is 10.6. The van der Waals surface area contributed by atoms with Crippen molar-refractivity contribution in [2.75, 3.05) is 7.11 Å². The average molecular weight is 221 g/mol. The van der Waals surface area contributed by atoms with E-state index < -0.39 is 0 Å². The van der Waals surface area contributed by atoms with Crippen molar-refractivity contribution in [1.82, 2.24) is 14.7 Å². The van der Waals surface area contributed by atoms with Gasteiger partial charge in [0.2, 0.25) is 11.4 Å². The summed E-state index contributed by atoms with van der Waals surface area (Å²) in [5, 5.41) is 3.79. The molecule has 0 N–H and O–H groups in total. The summed E-state index contributed by atoms with van der Waals surface area (Å²) < 4.78 is 11.3. The fraction of sp³-hybridized carbons (Fsp3) is 0.300. The van der Waals surface area contributed by atoms with E-state index in [0.29, 0.717) is 11.7 Å². The van der Waals surface area contributed by atoms with Crippen LogP contribution in [0, 0.1) is 0 Å². The van der Waals surface area contributed by atoms with Crippen molar-refractivity contribution >= 4 is 0 Å². The molecule has 0 unspecified atom stereocenters. The van der Waals surface area contributed by atoms with Crippen LogP contribution in [-0.2, 0) is 18.4 Å². The Morgan fingerprint density at radius 3 is 3.00 bits per heavy atom. The first-order chi connectivity index (χ1) is 7.70. The van der Waals surface area contributed by atoms with Gasteiger partial charge in [0.1, 0.15) is 6.61 Å². The van der Waals surface area contributed by atoms with Gasteiger partial charge in [-0.1, -0.05) is 5.16 Å². The molecule has 0 saturated carbocycles. The van der Waals surface area contributed by atoms with Crippen LogP contribution in [0.1, 0.15) is 5.89 Å². The molecule has 0 radical (unpaired) electrons. The monoisotopic (exact) mass is 221 g/mol. The number of hydrogen-bond acceptors (Lipinski definition) is 5. The van der Waals surface area contributed by atoms with Crippen LogP contribution in [0.2, 0.25) is 0 Å². The largest absolute Gasteiger partial charge is 0.375 e. The summed E-state index contributed by atoms with van der Waals surface area (Å²) in [5.74, 6) is 0.856. The van der Waals surface area contributed by atoms with Gasteiger partial charge in [-0.2, -0.15) is 4.98 Å². The topological polar surface area (TPSA) is 70.2 Å². The Bertz CT molecular complexity index is 544. The Balaban J connectivity index is 2.35. The summed E-state index contributed by atoms with van der Waals surface area (Å²) in [5.41, 5.74) is 0.651. The van der Waals surface area contributed by atoms with Gasteiger partial charge in [0, 0.05) is 32.0 Å². The van der Waals surface area contributed by atoms with Crippen LogP contribution in [0.5, 0.6) is 0 Å². The smallest absolute Gasteiger partial charge is 0.252 e. The third-order valence-corrected chi connectivity index (χ3v) is 2.08. The van der Waals surface area contributed by atoms with E-state index >= 15 is 0 Å². The number of pyridine rings is 1. The molecule has 2 heterocycles. The normalized spacial score (nSPS) is 10.6. The number of ether oxygens (including phenoxy) is 1. The van der Waals surface area contributed by atoms with E-state index in [-0.39, 0.29) is 12.2 Å². The molecule has 84 valence electrons. The molecule has 6 nitrogen and oxygen atoms in total. The highest BCUT2D eigenvalue weighted by molar-refractivity contribution is 5.52. The molecular formula is C10H11N3O3. The van der Waals surface area contributed by atoms with Gasteiger partial charge < -0.3 is 13.8 Å². The Morgan fingerprint density at radius 1 is 1.50 bits per heavy atom. The van der Waals surface area contributed by atoms with Crippen molar-refractivity contribution in [3.05, 3.63) is 34.6 Å². The van der Waals surface area contributed by atoms with Crippen LogP contribution in [0.15, 0.2) is 27.6 Å². The number of aryl methyl sites for hydroxylation is 1. The zero-order valence-corrected chi connectivity index (χ0v) is 9.01. The number of aromatic nitrogens is 3. The van der Waals surface area contributed by atoms with Crippen molar-refractivity contribution in [3.63, 3.8) is 0 Å². The van der Waals surface area contributed by atoms with E-state index in [0.717, 1.165) is 5.56 Å². The second-order valence-electron chi connectivity index (χ2n) is 3.31. The van der Waals surface area contributed by atoms with Crippen molar-refractivity contribution in [2.24, 2.45) is 7.05 Å². The third kappa shape index (κ3) is 2.01. The van der Waals surface area contributed by atoms with Crippen molar-refractivity contribution in [2.45, 2.75) is 6.61 Å². The van der Waals surface area contributed by atoms with Crippen molar-refractivity contribution in [1.29, 1.82) is 0 Å². The van der Waals surface area contributed by atoms with Gasteiger partial charge in [0.05, 0.1) is 0 Å². The molecule has 16 heavy (non-hydrogen) atoms. The van der Waals surface area contributed by atoms with Crippen LogP contribution in [0.3, 0.4) is 0 Å². The lowest BCUT2D eigenvalue weighted by molar-refractivity contribution is 0.151. The molecule has 6 heteroatoms. The quantitative estimate of drug-likeness (QED) is 0.758. The van der Waals surface area contributed by atoms with E-state index in [9.17, 15) is 4.79 Å². The Morgan fingerprint density at radius 2 is 2.31 bits per heavy atom. The molecule has 0 atom stereocenters. The van der Waals surface area contributed by atoms with E-state index in [2.05, 4.69) is 10.1 Å². The summed E-state index contributed by atoms with van der Waals surface area (Å²) in [6, 6.07) is 3.12. The Labute approximate surface area is 91.5 Å². The number of methoxy groups -OCH3 is 1. The van der Waals surface area contributed by atoms with Crippen molar-refractivity contribution < 1.29 is 9.26 Å². The first-order valence-corrected chi connectivity index (χ1v) is 4.69. The molecular weight excluding hydrogens is 210 g/mol. The first-order valence-electron chi connectivity index (χ1n) is 4.69. The molecule has 0 spiro atoms. The zero-order valence-electron chi connectivity index (χ0n) is 9.01. The molecule has 0 aliphatic carbocycles. The molecule has 2 rings (SSSR count). The van der Waals surface area contributed by atoms with Gasteiger partial charge in [-0.15, -0.1) is 0 Å². The lowest BCUT2D eigenvalue weighted by atomic mass is 10.3. The SMILES string of the molecule is COCc1nc(-c2ccc(=O)n(C)c2)no1. The van der Waals surface area contributed by atoms with Gasteiger partial charge in [-0.25, -0.2) is 0 Å². The summed E-state index contributed by atoms with van der Waals surface area (Å²) in [6.07, 6.45) is 1.66. The minimum atomic E-state index is -0.0793. The average Bonchev–Trinajstić information content (AvgIpc) is 2.71. The lowest BCUT2D eigenvalue weighted by Crippen LogP contribution is -2.14. The fourth-order valence-electron chi connectivity index (χ4n) is 1.28. The van der Waals surface area contributed by atoms with E-state index in [1.54, 1.807) is 26.4 Å². The maximum absolute atomic E-state index is 11.2. The predicted molar refractivity (Wildman–Crippen MR) is 55.7 cm³/mol. The second-order valence-corrected chi connectivity index (χ2v) is 3.31. The summed E-state index contributed by atoms with van der Waals surface area (Å²) in [6.45, 7) is 0.277. The highest BCUT2D eigenvalue weighted by Crippen LogP contribution is 2.13. The standard InChI is InChI=1S/C10H11N3O3/c1-13-5-7(3-4-9(13)14)10-11-8(6-15-2)16-12-10/h3-5H,6H2,1-2H3. The van der Waals surface area contributed by atoms with Crippen LogP contribution in [0.4, 0.5) is 0 Å². The molecule has 0 bridgehead atoms. The lowest BCUT2D eigenvalue weighted by Gasteiger charge is -1.97. The molecule has 0 aliphatic rings. The zero-order chi connectivity index (χ0) is 11.5. The Hall–Kier alpha value is -1.95. The summed E-state index contributed by atoms with van der Waals surface area (Å²) in [4.78, 5) is 15.3. The predicted octanol–water partition coefficient (Wildman–Crippen LogP) is 0.582. The van der Waals surface area contributed by atoms with Crippen LogP contribution < -0.4 is 5.56 Å². The van der Waals surface area contributed by atoms with Crippen LogP contribution in [0.25, 0.3) is 11.4 Å². The highest BCUT2D eigenvalue weighted by Gasteiger charge is 2.08. The fourth-order valence-corrected chi connectivity index (χ4v) is 1.28. The van der Waals surface area contributed by atoms with E-state index in [4.69, 9.17) is 9.26 Å². The van der Waals surface area contributed by atoms with Crippen LogP contribution in [-0.4, -0.2) is 21.8 Å². The minimum absolute atomic E-state index is 0.0793. The highest BCUT2D eigenvalue weighted by atomic mass is 16.5. The number of rotatable bonds is 3. The maximum Gasteiger partial charge on any atom is 0.252 e. The molecule has 0 amide bonds. The molecule has 0 aliphatic heterocycles. The maximum atomic E-state index is 11.2. The van der Waals surface area contributed by atoms with Gasteiger partial charge >= 0.3 is 0 Å². The van der Waals surface area contributed by atoms with Crippen LogP contribution >= 0.6 is 0 Å². The van der Waals surface area contributed by atoms with Gasteiger partial charge in [0.25, 0.3) is 5.89 Å². The second kappa shape index (κ2) is 4.28. The molecule has 0 fully saturated rings. The van der Waals surface area contributed by atoms with Gasteiger partial charge in [0.15, 0.2) is 0 Å². The van der Waals surface area contributed by atoms with Crippen molar-refractivity contribution in [3.8, 4) is 11.4 Å². The van der Waals surface area contributed by atoms with Gasteiger partial charge in [-0.05, 0) is 6.07 Å². The summed E-state index contributed by atoms with van der Waals surface area (Å²) in [7, 11) is 3.22. The Kier molecular flexibility index (Phi) is 2.82. The van der Waals surface area contributed by atoms with Gasteiger partial charge in [-0.3, -0.25) is 4.79 Å². The molecule has 0 saturated heterocycles. The molecule has 2 aromatic heterocycles. The number of nitrogens with zero attached hydrogens (tertiary/aromatic N) is 3.